The molecule has 0 fully saturated rings. The normalized spacial score (nSPS) is 20.1. The number of fused-ring (bicyclic) bond motifs is 1. The van der Waals surface area contributed by atoms with Crippen LogP contribution in [0.1, 0.15) is 56.7 Å². The standard InChI is InChI=1S/C17H27NO2/c1-12(2)14-6-4-7-15-16(18-10-13(3)11-19)8-5-9-20-17(14)15/h4,6-7,12-13,16,18-19H,5,8-11H2,1-3H3. The van der Waals surface area contributed by atoms with Crippen molar-refractivity contribution >= 4 is 0 Å². The van der Waals surface area contributed by atoms with E-state index in [0.29, 0.717) is 12.0 Å². The Hall–Kier alpha value is -1.06. The van der Waals surface area contributed by atoms with Crippen molar-refractivity contribution in [2.45, 2.75) is 45.6 Å². The molecule has 20 heavy (non-hydrogen) atoms. The zero-order valence-corrected chi connectivity index (χ0v) is 12.9. The van der Waals surface area contributed by atoms with Crippen molar-refractivity contribution in [2.24, 2.45) is 5.92 Å². The molecule has 3 nitrogen and oxygen atoms in total. The third kappa shape index (κ3) is 3.53. The highest BCUT2D eigenvalue weighted by molar-refractivity contribution is 5.45. The number of nitrogens with one attached hydrogen (secondary N) is 1. The van der Waals surface area contributed by atoms with Crippen LogP contribution in [0.5, 0.6) is 5.75 Å². The number of rotatable bonds is 5. The molecule has 2 atom stereocenters. The van der Waals surface area contributed by atoms with Gasteiger partial charge in [0.15, 0.2) is 0 Å². The second-order valence-electron chi connectivity index (χ2n) is 6.16. The lowest BCUT2D eigenvalue weighted by molar-refractivity contribution is 0.229. The molecule has 1 aliphatic rings. The molecule has 2 unspecified atom stereocenters. The van der Waals surface area contributed by atoms with E-state index in [4.69, 9.17) is 9.84 Å². The molecule has 0 aromatic heterocycles. The van der Waals surface area contributed by atoms with E-state index < -0.39 is 0 Å². The van der Waals surface area contributed by atoms with Crippen LogP contribution < -0.4 is 10.1 Å². The summed E-state index contributed by atoms with van der Waals surface area (Å²) in [4.78, 5) is 0. The minimum absolute atomic E-state index is 0.231. The lowest BCUT2D eigenvalue weighted by Gasteiger charge is -2.22. The highest BCUT2D eigenvalue weighted by Gasteiger charge is 2.22. The van der Waals surface area contributed by atoms with E-state index in [0.717, 1.165) is 31.7 Å². The number of ether oxygens (including phenoxy) is 1. The molecule has 0 aliphatic carbocycles. The van der Waals surface area contributed by atoms with Gasteiger partial charge >= 0.3 is 0 Å². The number of hydrogen-bond donors (Lipinski definition) is 2. The molecule has 0 spiro atoms. The number of aliphatic hydroxyl groups is 1. The molecule has 3 heteroatoms. The average Bonchev–Trinajstić information content (AvgIpc) is 2.66. The van der Waals surface area contributed by atoms with Gasteiger partial charge in [-0.15, -0.1) is 0 Å². The average molecular weight is 277 g/mol. The Kier molecular flexibility index (Phi) is 5.44. The Labute approximate surface area is 122 Å². The minimum Gasteiger partial charge on any atom is -0.493 e. The molecule has 112 valence electrons. The molecular weight excluding hydrogens is 250 g/mol. The van der Waals surface area contributed by atoms with Gasteiger partial charge in [0.1, 0.15) is 5.75 Å². The Bertz CT molecular complexity index is 431. The Morgan fingerprint density at radius 2 is 2.15 bits per heavy atom. The summed E-state index contributed by atoms with van der Waals surface area (Å²) in [6, 6.07) is 6.81. The van der Waals surface area contributed by atoms with Crippen molar-refractivity contribution in [3.8, 4) is 5.75 Å². The van der Waals surface area contributed by atoms with Gasteiger partial charge in [0.2, 0.25) is 0 Å². The highest BCUT2D eigenvalue weighted by Crippen LogP contribution is 2.37. The van der Waals surface area contributed by atoms with Gasteiger partial charge in [0.25, 0.3) is 0 Å². The van der Waals surface area contributed by atoms with E-state index in [2.05, 4.69) is 44.3 Å². The Morgan fingerprint density at radius 1 is 1.35 bits per heavy atom. The molecule has 1 heterocycles. The van der Waals surface area contributed by atoms with Gasteiger partial charge in [-0.05, 0) is 30.2 Å². The van der Waals surface area contributed by atoms with Crippen molar-refractivity contribution in [1.82, 2.24) is 5.32 Å². The van der Waals surface area contributed by atoms with E-state index >= 15 is 0 Å². The summed E-state index contributed by atoms with van der Waals surface area (Å²) >= 11 is 0. The molecule has 1 aromatic rings. The maximum Gasteiger partial charge on any atom is 0.127 e. The quantitative estimate of drug-likeness (QED) is 0.868. The summed E-state index contributed by atoms with van der Waals surface area (Å²) in [6.07, 6.45) is 2.16. The molecule has 1 aromatic carbocycles. The third-order valence-electron chi connectivity index (χ3n) is 3.98. The molecule has 0 amide bonds. The van der Waals surface area contributed by atoms with E-state index in [1.54, 1.807) is 0 Å². The first-order chi connectivity index (χ1) is 9.63. The fourth-order valence-electron chi connectivity index (χ4n) is 2.71. The summed E-state index contributed by atoms with van der Waals surface area (Å²) in [6.45, 7) is 8.35. The first-order valence-corrected chi connectivity index (χ1v) is 7.73. The number of benzene rings is 1. The van der Waals surface area contributed by atoms with E-state index in [-0.39, 0.29) is 12.5 Å². The molecule has 0 saturated heterocycles. The summed E-state index contributed by atoms with van der Waals surface area (Å²) in [5, 5.41) is 12.8. The van der Waals surface area contributed by atoms with Crippen LogP contribution in [0.15, 0.2) is 18.2 Å². The van der Waals surface area contributed by atoms with Crippen LogP contribution in [0.4, 0.5) is 0 Å². The second kappa shape index (κ2) is 7.09. The van der Waals surface area contributed by atoms with Crippen molar-refractivity contribution < 1.29 is 9.84 Å². The van der Waals surface area contributed by atoms with Crippen molar-refractivity contribution in [1.29, 1.82) is 0 Å². The van der Waals surface area contributed by atoms with E-state index in [9.17, 15) is 0 Å². The molecule has 0 bridgehead atoms. The van der Waals surface area contributed by atoms with Crippen LogP contribution in [-0.2, 0) is 0 Å². The number of hydrogen-bond acceptors (Lipinski definition) is 3. The van der Waals surface area contributed by atoms with Crippen molar-refractivity contribution in [3.63, 3.8) is 0 Å². The molecule has 0 radical (unpaired) electrons. The van der Waals surface area contributed by atoms with Gasteiger partial charge in [-0.3, -0.25) is 0 Å². The first-order valence-electron chi connectivity index (χ1n) is 7.73. The van der Waals surface area contributed by atoms with Crippen LogP contribution in [0.25, 0.3) is 0 Å². The fourth-order valence-corrected chi connectivity index (χ4v) is 2.71. The number of aliphatic hydroxyl groups excluding tert-OH is 1. The van der Waals surface area contributed by atoms with Crippen LogP contribution in [0, 0.1) is 5.92 Å². The van der Waals surface area contributed by atoms with Crippen LogP contribution in [0.2, 0.25) is 0 Å². The summed E-state index contributed by atoms with van der Waals surface area (Å²) in [5.74, 6) is 1.84. The summed E-state index contributed by atoms with van der Waals surface area (Å²) < 4.78 is 6.01. The molecule has 2 rings (SSSR count). The maximum atomic E-state index is 9.17. The second-order valence-corrected chi connectivity index (χ2v) is 6.16. The SMILES string of the molecule is CC(CO)CNC1CCCOc2c(C(C)C)cccc21. The lowest BCUT2D eigenvalue weighted by Crippen LogP contribution is -2.27. The van der Waals surface area contributed by atoms with Gasteiger partial charge < -0.3 is 15.2 Å². The monoisotopic (exact) mass is 277 g/mol. The zero-order valence-electron chi connectivity index (χ0n) is 12.9. The zero-order chi connectivity index (χ0) is 14.5. The van der Waals surface area contributed by atoms with Gasteiger partial charge in [-0.1, -0.05) is 39.0 Å². The molecule has 0 saturated carbocycles. The smallest absolute Gasteiger partial charge is 0.127 e. The van der Waals surface area contributed by atoms with E-state index in [1.807, 2.05) is 0 Å². The highest BCUT2D eigenvalue weighted by atomic mass is 16.5. The Morgan fingerprint density at radius 3 is 2.85 bits per heavy atom. The van der Waals surface area contributed by atoms with Crippen LogP contribution >= 0.6 is 0 Å². The van der Waals surface area contributed by atoms with Gasteiger partial charge in [-0.2, -0.15) is 0 Å². The maximum absolute atomic E-state index is 9.17. The van der Waals surface area contributed by atoms with Crippen molar-refractivity contribution in [2.75, 3.05) is 19.8 Å². The first kappa shape index (κ1) is 15.3. The topological polar surface area (TPSA) is 41.5 Å². The van der Waals surface area contributed by atoms with Gasteiger partial charge in [0.05, 0.1) is 6.61 Å². The number of para-hydroxylation sites is 1. The fraction of sp³-hybridized carbons (Fsp3) is 0.647. The van der Waals surface area contributed by atoms with Crippen LogP contribution in [0.3, 0.4) is 0 Å². The predicted octanol–water partition coefficient (Wildman–Crippen LogP) is 3.24. The molecule has 2 N–H and O–H groups in total. The van der Waals surface area contributed by atoms with E-state index in [1.165, 1.54) is 11.1 Å². The minimum atomic E-state index is 0.231. The van der Waals surface area contributed by atoms with Gasteiger partial charge in [0, 0.05) is 24.8 Å². The van der Waals surface area contributed by atoms with Crippen molar-refractivity contribution in [3.05, 3.63) is 29.3 Å². The molecular formula is C17H27NO2. The summed E-state index contributed by atoms with van der Waals surface area (Å²) in [5.41, 5.74) is 2.57. The largest absolute Gasteiger partial charge is 0.493 e. The lowest BCUT2D eigenvalue weighted by atomic mass is 9.94. The predicted molar refractivity (Wildman–Crippen MR) is 82.3 cm³/mol. The third-order valence-corrected chi connectivity index (χ3v) is 3.98. The molecule has 1 aliphatic heterocycles. The van der Waals surface area contributed by atoms with Gasteiger partial charge in [-0.25, -0.2) is 0 Å². The van der Waals surface area contributed by atoms with Crippen LogP contribution in [-0.4, -0.2) is 24.9 Å². The Balaban J connectivity index is 2.23. The summed E-state index contributed by atoms with van der Waals surface area (Å²) in [7, 11) is 0.